The van der Waals surface area contributed by atoms with Gasteiger partial charge >= 0.3 is 0 Å². The monoisotopic (exact) mass is 140 g/mol. The Morgan fingerprint density at radius 1 is 1.20 bits per heavy atom. The molecule has 0 aromatic heterocycles. The van der Waals surface area contributed by atoms with Gasteiger partial charge in [0.05, 0.1) is 0 Å². The van der Waals surface area contributed by atoms with Gasteiger partial charge in [-0.3, -0.25) is 0 Å². The van der Waals surface area contributed by atoms with Gasteiger partial charge in [-0.25, -0.2) is 0 Å². The first-order valence-corrected chi connectivity index (χ1v) is 3.54. The molecule has 0 bridgehead atoms. The fourth-order valence-corrected chi connectivity index (χ4v) is 0. The molecule has 10 heavy (non-hydrogen) atoms. The van der Waals surface area contributed by atoms with E-state index in [1.165, 1.54) is 0 Å². The van der Waals surface area contributed by atoms with Gasteiger partial charge in [0.1, 0.15) is 0 Å². The van der Waals surface area contributed by atoms with Crippen molar-refractivity contribution in [2.24, 2.45) is 0 Å². The minimum absolute atomic E-state index is 1.02. The third-order valence-corrected chi connectivity index (χ3v) is 0.348. The van der Waals surface area contributed by atoms with E-state index in [0.29, 0.717) is 0 Å². The van der Waals surface area contributed by atoms with E-state index < -0.39 is 0 Å². The molecule has 0 aromatic rings. The van der Waals surface area contributed by atoms with Crippen LogP contribution in [0.1, 0.15) is 27.7 Å². The lowest BCUT2D eigenvalue weighted by molar-refractivity contribution is 1.50. The molecule has 0 N–H and O–H groups in total. The van der Waals surface area contributed by atoms with Gasteiger partial charge in [0.25, 0.3) is 0 Å². The molecule has 0 saturated carbocycles. The maximum absolute atomic E-state index is 3.56. The van der Waals surface area contributed by atoms with Crippen LogP contribution >= 0.6 is 0 Å². The van der Waals surface area contributed by atoms with Crippen LogP contribution in [0.15, 0.2) is 37.5 Å². The van der Waals surface area contributed by atoms with Gasteiger partial charge in [0.2, 0.25) is 0 Å². The molecule has 0 aliphatic carbocycles. The molecule has 0 aromatic carbocycles. The molecule has 0 heteroatoms. The first-order chi connectivity index (χ1) is 4.68. The molecule has 0 rings (SSSR count). The van der Waals surface area contributed by atoms with Crippen LogP contribution in [0.2, 0.25) is 0 Å². The van der Waals surface area contributed by atoms with Crippen LogP contribution in [-0.4, -0.2) is 0 Å². The van der Waals surface area contributed by atoms with E-state index in [9.17, 15) is 0 Å². The average Bonchev–Trinajstić information content (AvgIpc) is 1.94. The fraction of sp³-hybridized carbons (Fsp3) is 0.400. The van der Waals surface area contributed by atoms with Crippen molar-refractivity contribution < 1.29 is 0 Å². The van der Waals surface area contributed by atoms with E-state index >= 15 is 0 Å². The smallest absolute Gasteiger partial charge is 0.0404 e. The Labute approximate surface area is 66.0 Å². The van der Waals surface area contributed by atoms with Crippen LogP contribution < -0.4 is 0 Å². The molecule has 0 radical (unpaired) electrons. The maximum atomic E-state index is 3.56. The van der Waals surface area contributed by atoms with Crippen molar-refractivity contribution in [2.75, 3.05) is 0 Å². The lowest BCUT2D eigenvalue weighted by atomic mass is 10.4. The van der Waals surface area contributed by atoms with Gasteiger partial charge in [-0.05, 0) is 13.8 Å². The lowest BCUT2D eigenvalue weighted by Crippen LogP contribution is -1.50. The molecule has 60 valence electrons. The Morgan fingerprint density at radius 3 is 1.30 bits per heavy atom. The highest BCUT2D eigenvalue weighted by atomic mass is 13.7. The molecule has 0 amide bonds. The molecular weight excluding hydrogens is 120 g/mol. The van der Waals surface area contributed by atoms with Crippen LogP contribution in [0.5, 0.6) is 0 Å². The van der Waals surface area contributed by atoms with Crippen LogP contribution in [-0.2, 0) is 0 Å². The van der Waals surface area contributed by atoms with Crippen molar-refractivity contribution in [3.05, 3.63) is 37.5 Å². The lowest BCUT2D eigenvalue weighted by Gasteiger charge is -1.71. The third kappa shape index (κ3) is 188. The van der Waals surface area contributed by atoms with E-state index in [2.05, 4.69) is 19.7 Å². The predicted octanol–water partition coefficient (Wildman–Crippen LogP) is 3.97. The number of hydrogen-bond acceptors (Lipinski definition) is 0. The zero-order valence-corrected chi connectivity index (χ0v) is 7.78. The number of allylic oxidation sites excluding steroid dienone is 3. The molecule has 0 aliphatic heterocycles. The minimum Gasteiger partial charge on any atom is -0.103 e. The first kappa shape index (κ1) is 16.1. The molecule has 0 spiro atoms. The Bertz CT molecular complexity index is 78.0. The SMILES string of the molecule is C=CC.C=CC(=C)C.CC. The summed E-state index contributed by atoms with van der Waals surface area (Å²) < 4.78 is 0. The predicted molar refractivity (Wildman–Crippen MR) is 52.2 cm³/mol. The molecule has 0 nitrogen and oxygen atoms in total. The van der Waals surface area contributed by atoms with Crippen molar-refractivity contribution >= 4 is 0 Å². The van der Waals surface area contributed by atoms with Crippen molar-refractivity contribution in [3.8, 4) is 0 Å². The molecule has 0 heterocycles. The third-order valence-electron chi connectivity index (χ3n) is 0.348. The summed E-state index contributed by atoms with van der Waals surface area (Å²) in [6, 6.07) is 0. The Balaban J connectivity index is -0.0000000847. The van der Waals surface area contributed by atoms with Crippen LogP contribution in [0, 0.1) is 0 Å². The number of rotatable bonds is 1. The van der Waals surface area contributed by atoms with Gasteiger partial charge in [-0.2, -0.15) is 0 Å². The molecule has 0 unspecified atom stereocenters. The second-order valence-corrected chi connectivity index (χ2v) is 1.46. The van der Waals surface area contributed by atoms with Gasteiger partial charge < -0.3 is 0 Å². The standard InChI is InChI=1S/C5H8.C3H6.C2H6/c1-4-5(2)3;1-3-2;1-2/h4H,1-2H2,3H3;3H,1H2,2H3;1-2H3. The average molecular weight is 140 g/mol. The first-order valence-electron chi connectivity index (χ1n) is 3.54. The van der Waals surface area contributed by atoms with Crippen LogP contribution in [0.4, 0.5) is 0 Å². The highest BCUT2D eigenvalue weighted by molar-refractivity contribution is 5.05. The summed E-state index contributed by atoms with van der Waals surface area (Å²) in [4.78, 5) is 0. The van der Waals surface area contributed by atoms with Crippen LogP contribution in [0.25, 0.3) is 0 Å². The quantitative estimate of drug-likeness (QED) is 0.382. The van der Waals surface area contributed by atoms with E-state index in [1.54, 1.807) is 12.2 Å². The highest BCUT2D eigenvalue weighted by Gasteiger charge is 1.59. The Morgan fingerprint density at radius 2 is 1.30 bits per heavy atom. The van der Waals surface area contributed by atoms with Gasteiger partial charge in [-0.1, -0.05) is 44.7 Å². The fourth-order valence-electron chi connectivity index (χ4n) is 0. The van der Waals surface area contributed by atoms with Crippen molar-refractivity contribution in [2.45, 2.75) is 27.7 Å². The highest BCUT2D eigenvalue weighted by Crippen LogP contribution is 1.81. The molecule has 0 aliphatic rings. The van der Waals surface area contributed by atoms with Gasteiger partial charge in [-0.15, -0.1) is 6.58 Å². The van der Waals surface area contributed by atoms with Gasteiger partial charge in [0.15, 0.2) is 0 Å². The Kier molecular flexibility index (Phi) is 38.7. The van der Waals surface area contributed by atoms with E-state index in [0.717, 1.165) is 5.57 Å². The van der Waals surface area contributed by atoms with Crippen molar-refractivity contribution in [1.82, 2.24) is 0 Å². The Hall–Kier alpha value is -0.780. The second-order valence-electron chi connectivity index (χ2n) is 1.46. The molecular formula is C10H20. The van der Waals surface area contributed by atoms with E-state index in [4.69, 9.17) is 0 Å². The zero-order chi connectivity index (χ0) is 8.99. The molecule has 0 atom stereocenters. The normalized spacial score (nSPS) is 5.20. The summed E-state index contributed by atoms with van der Waals surface area (Å²) in [5.41, 5.74) is 1.02. The zero-order valence-electron chi connectivity index (χ0n) is 7.78. The summed E-state index contributed by atoms with van der Waals surface area (Å²) in [5, 5.41) is 0. The summed E-state index contributed by atoms with van der Waals surface area (Å²) >= 11 is 0. The second kappa shape index (κ2) is 24.1. The molecule has 0 saturated heterocycles. The maximum Gasteiger partial charge on any atom is -0.0404 e. The summed E-state index contributed by atoms with van der Waals surface area (Å²) in [5.74, 6) is 0. The topological polar surface area (TPSA) is 0 Å². The van der Waals surface area contributed by atoms with E-state index in [-0.39, 0.29) is 0 Å². The molecule has 0 fully saturated rings. The minimum atomic E-state index is 1.02. The van der Waals surface area contributed by atoms with E-state index in [1.807, 2.05) is 27.7 Å². The summed E-state index contributed by atoms with van der Waals surface area (Å²) in [6.45, 7) is 18.2. The van der Waals surface area contributed by atoms with Gasteiger partial charge in [0, 0.05) is 0 Å². The van der Waals surface area contributed by atoms with Crippen molar-refractivity contribution in [3.63, 3.8) is 0 Å². The largest absolute Gasteiger partial charge is 0.103 e. The number of hydrogen-bond donors (Lipinski definition) is 0. The van der Waals surface area contributed by atoms with Crippen molar-refractivity contribution in [1.29, 1.82) is 0 Å². The summed E-state index contributed by atoms with van der Waals surface area (Å²) in [7, 11) is 0. The van der Waals surface area contributed by atoms with Crippen LogP contribution in [0.3, 0.4) is 0 Å². The summed E-state index contributed by atoms with van der Waals surface area (Å²) in [6.07, 6.45) is 3.47.